The van der Waals surface area contributed by atoms with Crippen LogP contribution in [0.3, 0.4) is 0 Å². The van der Waals surface area contributed by atoms with Gasteiger partial charge in [-0.1, -0.05) is 45.0 Å². The van der Waals surface area contributed by atoms with Gasteiger partial charge in [-0.05, 0) is 23.5 Å². The highest BCUT2D eigenvalue weighted by Crippen LogP contribution is 2.29. The molecule has 1 heterocycles. The van der Waals surface area contributed by atoms with Crippen LogP contribution in [-0.2, 0) is 21.5 Å². The fraction of sp³-hybridized carbons (Fsp3) is 0.385. The molecule has 0 amide bonds. The van der Waals surface area contributed by atoms with Gasteiger partial charge in [-0.2, -0.15) is 0 Å². The number of aryl methyl sites for hydroxylation is 1. The van der Waals surface area contributed by atoms with Crippen LogP contribution in [0.25, 0.3) is 10.9 Å². The van der Waals surface area contributed by atoms with Crippen molar-refractivity contribution in [3.05, 3.63) is 64.2 Å². The second-order valence-electron chi connectivity index (χ2n) is 8.98. The summed E-state index contributed by atoms with van der Waals surface area (Å²) in [6, 6.07) is 10.6. The normalized spacial score (nSPS) is 11.3. The van der Waals surface area contributed by atoms with E-state index in [1.54, 1.807) is 24.3 Å². The third kappa shape index (κ3) is 5.81. The number of fused-ring (bicyclic) bond motifs is 1. The highest BCUT2D eigenvalue weighted by Gasteiger charge is 2.16. The molecule has 0 spiro atoms. The first-order valence-corrected chi connectivity index (χ1v) is 11.0. The van der Waals surface area contributed by atoms with Gasteiger partial charge < -0.3 is 14.2 Å². The molecule has 0 aliphatic heterocycles. The minimum atomic E-state index is -0.493. The minimum absolute atomic E-state index is 0.00446. The van der Waals surface area contributed by atoms with Crippen molar-refractivity contribution in [1.82, 2.24) is 9.55 Å². The molecular formula is C26H30N2O6. The number of carbonyl (C=O) groups excluding carboxylic acids is 2. The molecular weight excluding hydrogens is 436 g/mol. The standard InChI is InChI=1S/C26H30N2O6/c1-26(2,3)18-10-8-17(9-11-18)21(29)15-34-24(30)7-6-12-28-16-27-20-14-23(33-5)22(32-4)13-19(20)25(28)31/h8-11,13-14,16H,6-7,12,15H2,1-5H3. The molecule has 1 aromatic heterocycles. The summed E-state index contributed by atoms with van der Waals surface area (Å²) >= 11 is 0. The third-order valence-corrected chi connectivity index (χ3v) is 5.55. The molecule has 0 atom stereocenters. The number of ether oxygens (including phenoxy) is 3. The fourth-order valence-corrected chi connectivity index (χ4v) is 3.50. The van der Waals surface area contributed by atoms with Crippen LogP contribution in [0.5, 0.6) is 11.5 Å². The predicted octanol–water partition coefficient (Wildman–Crippen LogP) is 3.92. The first-order chi connectivity index (χ1) is 16.1. The average molecular weight is 467 g/mol. The van der Waals surface area contributed by atoms with E-state index in [1.165, 1.54) is 25.1 Å². The molecule has 8 heteroatoms. The number of hydrogen-bond donors (Lipinski definition) is 0. The average Bonchev–Trinajstić information content (AvgIpc) is 2.82. The lowest BCUT2D eigenvalue weighted by Crippen LogP contribution is -2.21. The number of hydrogen-bond acceptors (Lipinski definition) is 7. The molecule has 180 valence electrons. The van der Waals surface area contributed by atoms with Gasteiger partial charge in [-0.25, -0.2) is 4.98 Å². The molecule has 34 heavy (non-hydrogen) atoms. The number of rotatable bonds is 9. The van der Waals surface area contributed by atoms with Crippen molar-refractivity contribution < 1.29 is 23.8 Å². The topological polar surface area (TPSA) is 96.7 Å². The summed E-state index contributed by atoms with van der Waals surface area (Å²) in [5.41, 5.74) is 1.87. The van der Waals surface area contributed by atoms with E-state index < -0.39 is 5.97 Å². The molecule has 0 aliphatic carbocycles. The van der Waals surface area contributed by atoms with Gasteiger partial charge in [-0.3, -0.25) is 19.0 Å². The van der Waals surface area contributed by atoms with Crippen molar-refractivity contribution >= 4 is 22.7 Å². The Morgan fingerprint density at radius 2 is 1.65 bits per heavy atom. The number of esters is 1. The van der Waals surface area contributed by atoms with E-state index in [1.807, 2.05) is 12.1 Å². The largest absolute Gasteiger partial charge is 0.493 e. The molecule has 3 rings (SSSR count). The molecule has 0 saturated carbocycles. The molecule has 0 radical (unpaired) electrons. The van der Waals surface area contributed by atoms with Crippen molar-refractivity contribution in [1.29, 1.82) is 0 Å². The number of nitrogens with zero attached hydrogens (tertiary/aromatic N) is 2. The van der Waals surface area contributed by atoms with Crippen molar-refractivity contribution in [3.8, 4) is 11.5 Å². The number of benzene rings is 2. The number of carbonyl (C=O) groups is 2. The highest BCUT2D eigenvalue weighted by molar-refractivity contribution is 5.98. The van der Waals surface area contributed by atoms with Gasteiger partial charge in [0.2, 0.25) is 0 Å². The van der Waals surface area contributed by atoms with E-state index in [9.17, 15) is 14.4 Å². The van der Waals surface area contributed by atoms with E-state index in [-0.39, 0.29) is 36.3 Å². The molecule has 0 fully saturated rings. The first-order valence-electron chi connectivity index (χ1n) is 11.0. The maximum atomic E-state index is 12.8. The summed E-state index contributed by atoms with van der Waals surface area (Å²) in [6.07, 6.45) is 1.88. The van der Waals surface area contributed by atoms with Crippen LogP contribution in [0.4, 0.5) is 0 Å². The van der Waals surface area contributed by atoms with Crippen LogP contribution in [0.1, 0.15) is 49.5 Å². The molecule has 0 bridgehead atoms. The van der Waals surface area contributed by atoms with Gasteiger partial charge in [0.15, 0.2) is 23.9 Å². The molecule has 0 N–H and O–H groups in total. The Bertz CT molecular complexity index is 1240. The summed E-state index contributed by atoms with van der Waals surface area (Å²) in [5, 5.41) is 0.394. The molecule has 8 nitrogen and oxygen atoms in total. The van der Waals surface area contributed by atoms with Crippen molar-refractivity contribution in [2.75, 3.05) is 20.8 Å². The highest BCUT2D eigenvalue weighted by atomic mass is 16.5. The Morgan fingerprint density at radius 1 is 1.00 bits per heavy atom. The van der Waals surface area contributed by atoms with E-state index in [2.05, 4.69) is 25.8 Å². The Morgan fingerprint density at radius 3 is 2.26 bits per heavy atom. The monoisotopic (exact) mass is 466 g/mol. The van der Waals surface area contributed by atoms with Gasteiger partial charge in [0.25, 0.3) is 5.56 Å². The zero-order valence-electron chi connectivity index (χ0n) is 20.2. The van der Waals surface area contributed by atoms with Gasteiger partial charge in [0, 0.05) is 24.6 Å². The summed E-state index contributed by atoms with van der Waals surface area (Å²) in [4.78, 5) is 41.5. The van der Waals surface area contributed by atoms with Crippen molar-refractivity contribution in [2.45, 2.75) is 45.6 Å². The third-order valence-electron chi connectivity index (χ3n) is 5.55. The number of aromatic nitrogens is 2. The lowest BCUT2D eigenvalue weighted by atomic mass is 9.86. The van der Waals surface area contributed by atoms with Gasteiger partial charge in [0.05, 0.1) is 31.4 Å². The van der Waals surface area contributed by atoms with Crippen LogP contribution >= 0.6 is 0 Å². The smallest absolute Gasteiger partial charge is 0.306 e. The minimum Gasteiger partial charge on any atom is -0.493 e. The first kappa shape index (κ1) is 25.0. The van der Waals surface area contributed by atoms with Crippen LogP contribution < -0.4 is 15.0 Å². The predicted molar refractivity (Wildman–Crippen MR) is 129 cm³/mol. The maximum Gasteiger partial charge on any atom is 0.306 e. The Balaban J connectivity index is 1.54. The lowest BCUT2D eigenvalue weighted by Gasteiger charge is -2.18. The molecule has 0 aliphatic rings. The lowest BCUT2D eigenvalue weighted by molar-refractivity contribution is -0.142. The Kier molecular flexibility index (Phi) is 7.71. The summed E-state index contributed by atoms with van der Waals surface area (Å²) in [7, 11) is 3.01. The second-order valence-corrected chi connectivity index (χ2v) is 8.98. The van der Waals surface area contributed by atoms with Crippen LogP contribution in [0.15, 0.2) is 47.5 Å². The SMILES string of the molecule is COc1cc2ncn(CCCC(=O)OCC(=O)c3ccc(C(C)(C)C)cc3)c(=O)c2cc1OC. The van der Waals surface area contributed by atoms with Gasteiger partial charge in [0.1, 0.15) is 0 Å². The van der Waals surface area contributed by atoms with E-state index in [0.29, 0.717) is 34.4 Å². The number of Topliss-reactive ketones (excluding diaryl/α,β-unsaturated/α-hetero) is 1. The quantitative estimate of drug-likeness (QED) is 0.348. The van der Waals surface area contributed by atoms with Gasteiger partial charge in [-0.15, -0.1) is 0 Å². The zero-order valence-corrected chi connectivity index (χ0v) is 20.2. The fourth-order valence-electron chi connectivity index (χ4n) is 3.50. The Labute approximate surface area is 198 Å². The van der Waals surface area contributed by atoms with E-state index >= 15 is 0 Å². The number of ketones is 1. The van der Waals surface area contributed by atoms with Crippen LogP contribution in [0.2, 0.25) is 0 Å². The van der Waals surface area contributed by atoms with Gasteiger partial charge >= 0.3 is 5.97 Å². The maximum absolute atomic E-state index is 12.8. The summed E-state index contributed by atoms with van der Waals surface area (Å²) < 4.78 is 17.1. The summed E-state index contributed by atoms with van der Waals surface area (Å²) in [5.74, 6) is 0.177. The van der Waals surface area contributed by atoms with Crippen LogP contribution in [0, 0.1) is 0 Å². The number of methoxy groups -OCH3 is 2. The molecule has 2 aromatic carbocycles. The second kappa shape index (κ2) is 10.5. The Hall–Kier alpha value is -3.68. The van der Waals surface area contributed by atoms with Crippen LogP contribution in [-0.4, -0.2) is 42.1 Å². The van der Waals surface area contributed by atoms with E-state index in [0.717, 1.165) is 5.56 Å². The molecule has 0 unspecified atom stereocenters. The molecule has 3 aromatic rings. The van der Waals surface area contributed by atoms with E-state index in [4.69, 9.17) is 14.2 Å². The summed E-state index contributed by atoms with van der Waals surface area (Å²) in [6.45, 7) is 6.27. The van der Waals surface area contributed by atoms with Crippen molar-refractivity contribution in [2.24, 2.45) is 0 Å². The molecule has 0 saturated heterocycles. The zero-order chi connectivity index (χ0) is 24.9. The van der Waals surface area contributed by atoms with Crippen molar-refractivity contribution in [3.63, 3.8) is 0 Å².